The van der Waals surface area contributed by atoms with E-state index in [0.717, 1.165) is 11.1 Å². The molecule has 150 valence electrons. The van der Waals surface area contributed by atoms with Gasteiger partial charge in [-0.15, -0.1) is 0 Å². The van der Waals surface area contributed by atoms with E-state index < -0.39 is 6.09 Å². The number of anilines is 1. The van der Waals surface area contributed by atoms with Crippen molar-refractivity contribution in [1.29, 1.82) is 0 Å². The summed E-state index contributed by atoms with van der Waals surface area (Å²) in [5.74, 6) is 6.21. The quantitative estimate of drug-likeness (QED) is 0.376. The number of fused-ring (bicyclic) bond motifs is 3. The largest absolute Gasteiger partial charge is 0.449 e. The lowest BCUT2D eigenvalue weighted by atomic mass is 9.98. The first-order valence-corrected chi connectivity index (χ1v) is 10.1. The predicted molar refractivity (Wildman–Crippen MR) is 120 cm³/mol. The van der Waals surface area contributed by atoms with Gasteiger partial charge in [0, 0.05) is 24.6 Å². The maximum Gasteiger partial charge on any atom is 0.407 e. The van der Waals surface area contributed by atoms with Gasteiger partial charge in [-0.3, -0.25) is 0 Å². The van der Waals surface area contributed by atoms with Gasteiger partial charge in [0.25, 0.3) is 0 Å². The average Bonchev–Trinajstić information content (AvgIpc) is 3.08. The Balaban J connectivity index is 1.31. The molecule has 1 aliphatic rings. The minimum Gasteiger partial charge on any atom is -0.449 e. The van der Waals surface area contributed by atoms with Crippen molar-refractivity contribution in [3.63, 3.8) is 0 Å². The van der Waals surface area contributed by atoms with E-state index in [1.807, 2.05) is 49.4 Å². The molecule has 0 aliphatic heterocycles. The maximum absolute atomic E-state index is 12.2. The van der Waals surface area contributed by atoms with Crippen LogP contribution in [-0.4, -0.2) is 19.2 Å². The third-order valence-electron chi connectivity index (χ3n) is 5.38. The molecule has 4 heteroatoms. The fourth-order valence-electron chi connectivity index (χ4n) is 3.89. The van der Waals surface area contributed by atoms with Crippen molar-refractivity contribution in [1.82, 2.24) is 5.32 Å². The zero-order valence-corrected chi connectivity index (χ0v) is 16.9. The van der Waals surface area contributed by atoms with Crippen LogP contribution in [0.1, 0.15) is 34.6 Å². The Morgan fingerprint density at radius 1 is 1.00 bits per heavy atom. The Kier molecular flexibility index (Phi) is 5.72. The summed E-state index contributed by atoms with van der Waals surface area (Å²) >= 11 is 0. The molecule has 4 nitrogen and oxygen atoms in total. The number of nitrogens with one attached hydrogen (secondary N) is 1. The summed E-state index contributed by atoms with van der Waals surface area (Å²) in [6.45, 7) is 2.72. The molecule has 3 N–H and O–H groups in total. The van der Waals surface area contributed by atoms with E-state index in [2.05, 4.69) is 41.4 Å². The molecular weight excluding hydrogens is 372 g/mol. The Bertz CT molecular complexity index is 1080. The minimum absolute atomic E-state index is 0.0620. The zero-order chi connectivity index (χ0) is 20.9. The van der Waals surface area contributed by atoms with E-state index in [1.165, 1.54) is 22.3 Å². The minimum atomic E-state index is -0.422. The van der Waals surface area contributed by atoms with Crippen LogP contribution in [0.25, 0.3) is 11.1 Å². The van der Waals surface area contributed by atoms with Gasteiger partial charge >= 0.3 is 6.09 Å². The van der Waals surface area contributed by atoms with E-state index in [4.69, 9.17) is 10.5 Å². The lowest BCUT2D eigenvalue weighted by molar-refractivity contribution is 0.143. The van der Waals surface area contributed by atoms with Gasteiger partial charge in [-0.25, -0.2) is 4.79 Å². The number of ether oxygens (including phenoxy) is 1. The standard InChI is InChI=1S/C26H24N2O2/c1-18-9-8-15-25(27)19(18)10-6-7-16-28-26(29)30-17-24-22-13-4-2-11-20(22)21-12-3-5-14-23(21)24/h2-5,8-9,11-15,24H,7,16-17,27H2,1H3,(H,28,29). The molecule has 1 amide bonds. The van der Waals surface area contributed by atoms with Crippen molar-refractivity contribution in [2.45, 2.75) is 19.3 Å². The second-order valence-electron chi connectivity index (χ2n) is 7.34. The third-order valence-corrected chi connectivity index (χ3v) is 5.38. The van der Waals surface area contributed by atoms with Gasteiger partial charge in [0.1, 0.15) is 6.61 Å². The van der Waals surface area contributed by atoms with Crippen molar-refractivity contribution in [2.24, 2.45) is 0 Å². The lowest BCUT2D eigenvalue weighted by Crippen LogP contribution is -2.26. The molecule has 0 heterocycles. The first-order chi connectivity index (χ1) is 14.6. The second kappa shape index (κ2) is 8.75. The fourth-order valence-corrected chi connectivity index (χ4v) is 3.89. The highest BCUT2D eigenvalue weighted by Gasteiger charge is 2.28. The molecule has 0 saturated heterocycles. The van der Waals surface area contributed by atoms with E-state index in [-0.39, 0.29) is 5.92 Å². The van der Waals surface area contributed by atoms with Crippen molar-refractivity contribution in [2.75, 3.05) is 18.9 Å². The first-order valence-electron chi connectivity index (χ1n) is 10.1. The van der Waals surface area contributed by atoms with E-state index in [9.17, 15) is 4.79 Å². The van der Waals surface area contributed by atoms with E-state index >= 15 is 0 Å². The molecule has 0 atom stereocenters. The number of rotatable bonds is 4. The summed E-state index contributed by atoms with van der Waals surface area (Å²) in [6.07, 6.45) is 0.104. The molecule has 3 aromatic carbocycles. The number of nitrogens with two attached hydrogens (primary N) is 1. The van der Waals surface area contributed by atoms with Gasteiger partial charge in [0.05, 0.1) is 5.56 Å². The van der Waals surface area contributed by atoms with Gasteiger partial charge < -0.3 is 15.8 Å². The van der Waals surface area contributed by atoms with E-state index in [0.29, 0.717) is 25.3 Å². The maximum atomic E-state index is 12.2. The van der Waals surface area contributed by atoms with Crippen LogP contribution in [0.2, 0.25) is 0 Å². The Morgan fingerprint density at radius 2 is 1.67 bits per heavy atom. The first kappa shape index (κ1) is 19.6. The molecule has 0 radical (unpaired) electrons. The number of carbonyl (C=O) groups is 1. The molecule has 0 saturated carbocycles. The highest BCUT2D eigenvalue weighted by Crippen LogP contribution is 2.44. The van der Waals surface area contributed by atoms with E-state index in [1.54, 1.807) is 0 Å². The van der Waals surface area contributed by atoms with Crippen molar-refractivity contribution < 1.29 is 9.53 Å². The number of hydrogen-bond acceptors (Lipinski definition) is 3. The van der Waals surface area contributed by atoms with Gasteiger partial charge in [-0.05, 0) is 40.8 Å². The summed E-state index contributed by atoms with van der Waals surface area (Å²) in [5, 5.41) is 2.78. The Hall–Kier alpha value is -3.71. The molecule has 30 heavy (non-hydrogen) atoms. The molecule has 0 aromatic heterocycles. The molecule has 0 unspecified atom stereocenters. The molecule has 0 spiro atoms. The number of carbonyl (C=O) groups excluding carboxylic acids is 1. The Labute approximate surface area is 177 Å². The molecule has 4 rings (SSSR count). The van der Waals surface area contributed by atoms with Crippen LogP contribution in [0.15, 0.2) is 66.7 Å². The van der Waals surface area contributed by atoms with Crippen molar-refractivity contribution >= 4 is 11.8 Å². The lowest BCUT2D eigenvalue weighted by Gasteiger charge is -2.14. The van der Waals surface area contributed by atoms with Crippen LogP contribution in [0, 0.1) is 18.8 Å². The van der Waals surface area contributed by atoms with Crippen molar-refractivity contribution in [3.8, 4) is 23.0 Å². The summed E-state index contributed by atoms with van der Waals surface area (Å²) < 4.78 is 5.52. The molecule has 3 aromatic rings. The van der Waals surface area contributed by atoms with Crippen LogP contribution in [0.4, 0.5) is 10.5 Å². The predicted octanol–water partition coefficient (Wildman–Crippen LogP) is 4.86. The summed E-state index contributed by atoms with van der Waals surface area (Å²) in [7, 11) is 0. The van der Waals surface area contributed by atoms with Gasteiger partial charge in [-0.1, -0.05) is 72.5 Å². The van der Waals surface area contributed by atoms with Gasteiger partial charge in [-0.2, -0.15) is 0 Å². The van der Waals surface area contributed by atoms with Crippen LogP contribution in [-0.2, 0) is 4.74 Å². The highest BCUT2D eigenvalue weighted by atomic mass is 16.5. The SMILES string of the molecule is Cc1cccc(N)c1C#CCCNC(=O)OCC1c2ccccc2-c2ccccc21. The van der Waals surface area contributed by atoms with Gasteiger partial charge in [0.2, 0.25) is 0 Å². The molecule has 0 fully saturated rings. The number of benzene rings is 3. The second-order valence-corrected chi connectivity index (χ2v) is 7.34. The highest BCUT2D eigenvalue weighted by molar-refractivity contribution is 5.79. The third kappa shape index (κ3) is 4.01. The van der Waals surface area contributed by atoms with Crippen LogP contribution < -0.4 is 11.1 Å². The normalized spacial score (nSPS) is 11.8. The number of aryl methyl sites for hydroxylation is 1. The summed E-state index contributed by atoms with van der Waals surface area (Å²) in [5.41, 5.74) is 13.4. The van der Waals surface area contributed by atoms with Crippen LogP contribution in [0.5, 0.6) is 0 Å². The molecule has 1 aliphatic carbocycles. The molecule has 0 bridgehead atoms. The summed E-state index contributed by atoms with van der Waals surface area (Å²) in [4.78, 5) is 12.2. The van der Waals surface area contributed by atoms with Crippen molar-refractivity contribution in [3.05, 3.63) is 89.0 Å². The zero-order valence-electron chi connectivity index (χ0n) is 16.9. The van der Waals surface area contributed by atoms with Gasteiger partial charge in [0.15, 0.2) is 0 Å². The monoisotopic (exact) mass is 396 g/mol. The topological polar surface area (TPSA) is 64.3 Å². The average molecular weight is 396 g/mol. The number of nitrogen functional groups attached to an aromatic ring is 1. The molecular formula is C26H24N2O2. The number of hydrogen-bond donors (Lipinski definition) is 2. The van der Waals surface area contributed by atoms with Crippen LogP contribution in [0.3, 0.4) is 0 Å². The number of amides is 1. The summed E-state index contributed by atoms with van der Waals surface area (Å²) in [6, 6.07) is 22.3. The fraction of sp³-hybridized carbons (Fsp3) is 0.192. The smallest absolute Gasteiger partial charge is 0.407 e. The van der Waals surface area contributed by atoms with Crippen LogP contribution >= 0.6 is 0 Å². The number of alkyl carbamates (subject to hydrolysis) is 1. The Morgan fingerprint density at radius 3 is 2.33 bits per heavy atom.